The first-order valence-corrected chi connectivity index (χ1v) is 11.6. The van der Waals surface area contributed by atoms with Crippen LogP contribution in [0.4, 0.5) is 5.69 Å². The van der Waals surface area contributed by atoms with Crippen molar-refractivity contribution in [3.05, 3.63) is 70.2 Å². The van der Waals surface area contributed by atoms with Gasteiger partial charge in [0.15, 0.2) is 17.4 Å². The average molecular weight is 520 g/mol. The Bertz CT molecular complexity index is 1240. The molecule has 0 saturated carbocycles. The molecule has 0 aromatic heterocycles. The molecule has 0 radical (unpaired) electrons. The van der Waals surface area contributed by atoms with Gasteiger partial charge < -0.3 is 15.3 Å². The van der Waals surface area contributed by atoms with Crippen LogP contribution in [0.25, 0.3) is 0 Å². The lowest BCUT2D eigenvalue weighted by Gasteiger charge is -2.17. The monoisotopic (exact) mass is 519 g/mol. The molecular formula is C21H22BrN5O4S. The molecular weight excluding hydrogens is 498 g/mol. The number of anilines is 1. The van der Waals surface area contributed by atoms with E-state index in [4.69, 9.17) is 0 Å². The van der Waals surface area contributed by atoms with Gasteiger partial charge in [-0.1, -0.05) is 42.5 Å². The minimum atomic E-state index is -4.03. The van der Waals surface area contributed by atoms with Gasteiger partial charge in [0.05, 0.1) is 17.3 Å². The third-order valence-corrected chi connectivity index (χ3v) is 6.04. The predicted molar refractivity (Wildman–Crippen MR) is 128 cm³/mol. The topological polar surface area (TPSA) is 123 Å². The van der Waals surface area contributed by atoms with Crippen LogP contribution < -0.4 is 10.0 Å². The normalized spacial score (nSPS) is 16.8. The molecule has 9 nitrogen and oxygen atoms in total. The molecule has 11 heteroatoms. The van der Waals surface area contributed by atoms with Crippen LogP contribution >= 0.6 is 15.9 Å². The number of nitrogens with one attached hydrogen (secondary N) is 2. The second-order valence-corrected chi connectivity index (χ2v) is 9.49. The van der Waals surface area contributed by atoms with E-state index in [1.54, 1.807) is 27.1 Å². The van der Waals surface area contributed by atoms with Crippen LogP contribution in [0.1, 0.15) is 28.9 Å². The van der Waals surface area contributed by atoms with E-state index in [2.05, 4.69) is 41.9 Å². The molecule has 0 saturated heterocycles. The van der Waals surface area contributed by atoms with E-state index >= 15 is 0 Å². The summed E-state index contributed by atoms with van der Waals surface area (Å²) in [7, 11) is -0.923. The van der Waals surface area contributed by atoms with Crippen LogP contribution in [0.2, 0.25) is 0 Å². The van der Waals surface area contributed by atoms with E-state index in [1.807, 2.05) is 30.3 Å². The van der Waals surface area contributed by atoms with E-state index < -0.39 is 22.2 Å². The Balaban J connectivity index is 2.03. The Morgan fingerprint density at radius 2 is 1.91 bits per heavy atom. The van der Waals surface area contributed by atoms with Gasteiger partial charge in [0, 0.05) is 18.6 Å². The number of aromatic hydroxyl groups is 1. The molecule has 1 aliphatic heterocycles. The second kappa shape index (κ2) is 9.13. The maximum Gasteiger partial charge on any atom is 0.345 e. The van der Waals surface area contributed by atoms with Crippen molar-refractivity contribution >= 4 is 49.4 Å². The number of aliphatic imine (C=N–C) groups is 1. The quantitative estimate of drug-likeness (QED) is 0.413. The van der Waals surface area contributed by atoms with Gasteiger partial charge in [-0.05, 0) is 40.5 Å². The van der Waals surface area contributed by atoms with Gasteiger partial charge in [-0.25, -0.2) is 4.72 Å². The minimum absolute atomic E-state index is 0.0250. The van der Waals surface area contributed by atoms with Crippen molar-refractivity contribution in [3.8, 4) is 5.75 Å². The van der Waals surface area contributed by atoms with Crippen molar-refractivity contribution in [2.75, 3.05) is 19.4 Å². The van der Waals surface area contributed by atoms with Crippen LogP contribution in [-0.4, -0.2) is 50.1 Å². The van der Waals surface area contributed by atoms with Crippen LogP contribution in [-0.2, 0) is 10.2 Å². The highest BCUT2D eigenvalue weighted by Gasteiger charge is 2.29. The molecule has 1 atom stereocenters. The van der Waals surface area contributed by atoms with Crippen LogP contribution in [0.15, 0.2) is 68.5 Å². The second-order valence-electron chi connectivity index (χ2n) is 7.30. The van der Waals surface area contributed by atoms with Crippen molar-refractivity contribution in [1.29, 1.82) is 0 Å². The highest BCUT2D eigenvalue weighted by molar-refractivity contribution is 9.10. The van der Waals surface area contributed by atoms with E-state index in [0.717, 1.165) is 5.56 Å². The van der Waals surface area contributed by atoms with Crippen molar-refractivity contribution in [1.82, 2.24) is 9.62 Å². The summed E-state index contributed by atoms with van der Waals surface area (Å²) >= 11 is 3.26. The third-order valence-electron chi connectivity index (χ3n) is 4.50. The van der Waals surface area contributed by atoms with E-state index in [-0.39, 0.29) is 28.7 Å². The van der Waals surface area contributed by atoms with Gasteiger partial charge in [0.1, 0.15) is 0 Å². The summed E-state index contributed by atoms with van der Waals surface area (Å²) in [5.41, 5.74) is 1.63. The molecule has 168 valence electrons. The standard InChI is InChI=1S/C21H22BrN5O4S/c1-12(2)17(13-8-6-5-7-9-13)24-20-19(25-32(30,31)26-20)23-15-11-10-14(22)16(18(15)28)21(29)27(3)4/h5-11,17,28H,1H2,2-4H3,(H,23,25)(H,24,26)/t17-/m1/s1. The fraction of sp³-hybridized carbons (Fsp3) is 0.190. The fourth-order valence-electron chi connectivity index (χ4n) is 2.98. The van der Waals surface area contributed by atoms with E-state index in [9.17, 15) is 18.3 Å². The van der Waals surface area contributed by atoms with E-state index in [1.165, 1.54) is 11.0 Å². The number of carbonyl (C=O) groups excluding carboxylic acids is 1. The fourth-order valence-corrected chi connectivity index (χ4v) is 4.28. The molecule has 3 rings (SSSR count). The van der Waals surface area contributed by atoms with Gasteiger partial charge in [-0.15, -0.1) is 4.40 Å². The van der Waals surface area contributed by atoms with Crippen LogP contribution in [0, 0.1) is 0 Å². The molecule has 32 heavy (non-hydrogen) atoms. The molecule has 0 bridgehead atoms. The van der Waals surface area contributed by atoms with Gasteiger partial charge in [0.25, 0.3) is 5.91 Å². The highest BCUT2D eigenvalue weighted by Crippen LogP contribution is 2.34. The molecule has 1 amide bonds. The number of amides is 1. The van der Waals surface area contributed by atoms with Crippen molar-refractivity contribution < 1.29 is 18.3 Å². The van der Waals surface area contributed by atoms with Crippen LogP contribution in [0.5, 0.6) is 5.75 Å². The number of rotatable bonds is 5. The first kappa shape index (κ1) is 23.5. The maximum absolute atomic E-state index is 12.5. The van der Waals surface area contributed by atoms with Gasteiger partial charge in [0.2, 0.25) is 0 Å². The predicted octanol–water partition coefficient (Wildman–Crippen LogP) is 3.23. The third kappa shape index (κ3) is 5.00. The molecule has 0 aliphatic carbocycles. The lowest BCUT2D eigenvalue weighted by molar-refractivity contribution is 0.0824. The average Bonchev–Trinajstić information content (AvgIpc) is 3.01. The number of halogens is 1. The van der Waals surface area contributed by atoms with Crippen molar-refractivity contribution in [2.45, 2.75) is 13.0 Å². The zero-order valence-electron chi connectivity index (χ0n) is 17.6. The number of hydrogen-bond acceptors (Lipinski definition) is 6. The highest BCUT2D eigenvalue weighted by atomic mass is 79.9. The summed E-state index contributed by atoms with van der Waals surface area (Å²) in [6.07, 6.45) is 0. The van der Waals surface area contributed by atoms with Gasteiger partial charge >= 0.3 is 10.2 Å². The van der Waals surface area contributed by atoms with Crippen molar-refractivity contribution in [2.24, 2.45) is 9.39 Å². The number of carbonyl (C=O) groups is 1. The number of benzene rings is 2. The lowest BCUT2D eigenvalue weighted by Crippen LogP contribution is -2.31. The Hall–Kier alpha value is -3.18. The zero-order chi connectivity index (χ0) is 23.6. The summed E-state index contributed by atoms with van der Waals surface area (Å²) in [4.78, 5) is 18.3. The number of phenolic OH excluding ortho intramolecular Hbond substituents is 1. The first-order chi connectivity index (χ1) is 15.0. The molecule has 0 fully saturated rings. The Morgan fingerprint density at radius 3 is 2.50 bits per heavy atom. The molecule has 0 spiro atoms. The number of nitrogens with zero attached hydrogens (tertiary/aromatic N) is 3. The lowest BCUT2D eigenvalue weighted by atomic mass is 10.0. The van der Waals surface area contributed by atoms with Crippen molar-refractivity contribution in [3.63, 3.8) is 0 Å². The minimum Gasteiger partial charge on any atom is -0.505 e. The van der Waals surface area contributed by atoms with E-state index in [0.29, 0.717) is 10.0 Å². The maximum atomic E-state index is 12.5. The van der Waals surface area contributed by atoms with Gasteiger partial charge in [-0.3, -0.25) is 9.79 Å². The van der Waals surface area contributed by atoms with Crippen LogP contribution in [0.3, 0.4) is 0 Å². The summed E-state index contributed by atoms with van der Waals surface area (Å²) in [5.74, 6) is -0.945. The summed E-state index contributed by atoms with van der Waals surface area (Å²) < 4.78 is 30.7. The molecule has 1 aliphatic rings. The number of hydrogen-bond donors (Lipinski definition) is 3. The molecule has 2 aromatic carbocycles. The van der Waals surface area contributed by atoms with Gasteiger partial charge in [-0.2, -0.15) is 8.42 Å². The Morgan fingerprint density at radius 1 is 1.25 bits per heavy atom. The summed E-state index contributed by atoms with van der Waals surface area (Å²) in [6.45, 7) is 5.75. The number of phenols is 1. The number of amidine groups is 2. The largest absolute Gasteiger partial charge is 0.505 e. The first-order valence-electron chi connectivity index (χ1n) is 9.41. The zero-order valence-corrected chi connectivity index (χ0v) is 20.0. The molecule has 1 heterocycles. The Labute approximate surface area is 194 Å². The molecule has 2 aromatic rings. The smallest absolute Gasteiger partial charge is 0.345 e. The SMILES string of the molecule is C=C(C)[C@@H](N=C1NS(=O)(=O)N=C1Nc1ccc(Br)c(C(=O)N(C)C)c1O)c1ccccc1. The molecule has 0 unspecified atom stereocenters. The Kier molecular flexibility index (Phi) is 6.70. The summed E-state index contributed by atoms with van der Waals surface area (Å²) in [5, 5.41) is 13.5. The summed E-state index contributed by atoms with van der Waals surface area (Å²) in [6, 6.07) is 11.8. The molecule has 3 N–H and O–H groups in total.